The minimum absolute atomic E-state index is 0.395. The zero-order valence-electron chi connectivity index (χ0n) is 14.5. The molecule has 0 heteroatoms. The van der Waals surface area contributed by atoms with Gasteiger partial charge in [-0.2, -0.15) is 0 Å². The maximum absolute atomic E-state index is 2.41. The van der Waals surface area contributed by atoms with Crippen LogP contribution in [0.1, 0.15) is 53.5 Å². The summed E-state index contributed by atoms with van der Waals surface area (Å²) in [5.74, 6) is 0.395. The molecule has 0 saturated heterocycles. The molecule has 0 bridgehead atoms. The fraction of sp³-hybridized carbons (Fsp3) is 0.250. The summed E-state index contributed by atoms with van der Waals surface area (Å²) < 4.78 is 0. The predicted molar refractivity (Wildman–Crippen MR) is 105 cm³/mol. The first kappa shape index (κ1) is 15.2. The summed E-state index contributed by atoms with van der Waals surface area (Å²) in [6.45, 7) is 4.60. The molecule has 0 spiro atoms. The molecule has 3 aromatic rings. The van der Waals surface area contributed by atoms with Gasteiger partial charge in [0.2, 0.25) is 0 Å². The van der Waals surface area contributed by atoms with Crippen LogP contribution >= 0.6 is 0 Å². The molecule has 0 heterocycles. The Kier molecular flexibility index (Phi) is 3.98. The van der Waals surface area contributed by atoms with Crippen molar-refractivity contribution < 1.29 is 0 Å². The third kappa shape index (κ3) is 2.47. The lowest BCUT2D eigenvalue weighted by atomic mass is 9.84. The first-order valence-electron chi connectivity index (χ1n) is 9.08. The molecule has 24 heavy (non-hydrogen) atoms. The highest BCUT2D eigenvalue weighted by Crippen LogP contribution is 2.39. The van der Waals surface area contributed by atoms with Gasteiger partial charge in [0.15, 0.2) is 0 Å². The number of unbranched alkanes of at least 4 members (excludes halogenated alkanes) is 1. The van der Waals surface area contributed by atoms with Gasteiger partial charge in [0.25, 0.3) is 0 Å². The fourth-order valence-electron chi connectivity index (χ4n) is 4.07. The topological polar surface area (TPSA) is 0 Å². The normalized spacial score (nSPS) is 15.8. The van der Waals surface area contributed by atoms with Crippen LogP contribution in [-0.4, -0.2) is 0 Å². The van der Waals surface area contributed by atoms with Crippen molar-refractivity contribution in [3.05, 3.63) is 88.5 Å². The zero-order chi connectivity index (χ0) is 16.5. The van der Waals surface area contributed by atoms with E-state index in [1.165, 1.54) is 52.3 Å². The van der Waals surface area contributed by atoms with E-state index in [-0.39, 0.29) is 0 Å². The summed E-state index contributed by atoms with van der Waals surface area (Å²) in [4.78, 5) is 0. The average Bonchev–Trinajstić information content (AvgIpc) is 3.04. The van der Waals surface area contributed by atoms with E-state index in [1.54, 1.807) is 5.56 Å². The number of rotatable bonds is 4. The second kappa shape index (κ2) is 6.28. The first-order chi connectivity index (χ1) is 11.8. The molecule has 3 aromatic carbocycles. The highest BCUT2D eigenvalue weighted by atomic mass is 14.3. The van der Waals surface area contributed by atoms with Gasteiger partial charge in [-0.05, 0) is 64.4 Å². The summed E-state index contributed by atoms with van der Waals surface area (Å²) in [5.41, 5.74) is 7.31. The molecule has 0 nitrogen and oxygen atoms in total. The van der Waals surface area contributed by atoms with Crippen LogP contribution in [-0.2, 0) is 6.42 Å². The van der Waals surface area contributed by atoms with Crippen LogP contribution in [0.5, 0.6) is 0 Å². The van der Waals surface area contributed by atoms with E-state index < -0.39 is 0 Å². The Hall–Kier alpha value is -2.34. The van der Waals surface area contributed by atoms with Crippen LogP contribution in [0, 0.1) is 6.92 Å². The lowest BCUT2D eigenvalue weighted by Crippen LogP contribution is -2.03. The Balaban J connectivity index is 1.90. The Labute approximate surface area is 144 Å². The summed E-state index contributed by atoms with van der Waals surface area (Å²) in [6, 6.07) is 20.1. The lowest BCUT2D eigenvalue weighted by molar-refractivity contribution is 0.793. The van der Waals surface area contributed by atoms with Crippen molar-refractivity contribution in [1.82, 2.24) is 0 Å². The molecule has 4 rings (SSSR count). The minimum atomic E-state index is 0.395. The van der Waals surface area contributed by atoms with Crippen molar-refractivity contribution in [3.63, 3.8) is 0 Å². The first-order valence-corrected chi connectivity index (χ1v) is 9.08. The second-order valence-corrected chi connectivity index (χ2v) is 6.86. The number of fused-ring (bicyclic) bond motifs is 2. The van der Waals surface area contributed by atoms with E-state index in [0.717, 1.165) is 0 Å². The maximum atomic E-state index is 2.41. The van der Waals surface area contributed by atoms with E-state index in [2.05, 4.69) is 80.6 Å². The van der Waals surface area contributed by atoms with Crippen LogP contribution in [0.25, 0.3) is 16.8 Å². The van der Waals surface area contributed by atoms with Crippen molar-refractivity contribution in [2.75, 3.05) is 0 Å². The average molecular weight is 312 g/mol. The summed E-state index contributed by atoms with van der Waals surface area (Å²) >= 11 is 0. The third-order valence-electron chi connectivity index (χ3n) is 5.40. The van der Waals surface area contributed by atoms with Crippen molar-refractivity contribution in [1.29, 1.82) is 0 Å². The van der Waals surface area contributed by atoms with Gasteiger partial charge in [-0.3, -0.25) is 0 Å². The summed E-state index contributed by atoms with van der Waals surface area (Å²) in [5, 5.41) is 2.81. The van der Waals surface area contributed by atoms with Crippen LogP contribution in [0.4, 0.5) is 0 Å². The van der Waals surface area contributed by atoms with Crippen molar-refractivity contribution in [2.45, 2.75) is 39.0 Å². The molecule has 120 valence electrons. The van der Waals surface area contributed by atoms with Crippen LogP contribution < -0.4 is 0 Å². The monoisotopic (exact) mass is 312 g/mol. The van der Waals surface area contributed by atoms with Crippen LogP contribution in [0.3, 0.4) is 0 Å². The number of allylic oxidation sites excluding steroid dienone is 1. The molecule has 0 N–H and O–H groups in total. The molecule has 1 unspecified atom stereocenters. The van der Waals surface area contributed by atoms with Gasteiger partial charge in [0.05, 0.1) is 0 Å². The summed E-state index contributed by atoms with van der Waals surface area (Å²) in [7, 11) is 0. The van der Waals surface area contributed by atoms with E-state index >= 15 is 0 Å². The molecular weight excluding hydrogens is 288 g/mol. The molecule has 0 aliphatic heterocycles. The Morgan fingerprint density at radius 1 is 0.917 bits per heavy atom. The van der Waals surface area contributed by atoms with E-state index in [0.29, 0.717) is 5.92 Å². The molecule has 1 atom stereocenters. The van der Waals surface area contributed by atoms with Gasteiger partial charge in [-0.1, -0.05) is 74.0 Å². The van der Waals surface area contributed by atoms with Gasteiger partial charge in [-0.25, -0.2) is 0 Å². The summed E-state index contributed by atoms with van der Waals surface area (Å²) in [6.07, 6.45) is 8.32. The minimum Gasteiger partial charge on any atom is -0.0720 e. The standard InChI is InChI=1S/C24H24/c1-3-4-11-20-17(2)24(16-19-10-6-8-13-22(19)20)23-15-14-18-9-5-7-12-21(18)23/h5-10,12-16,23H,3-4,11H2,1-2H3. The van der Waals surface area contributed by atoms with Crippen molar-refractivity contribution in [2.24, 2.45) is 0 Å². The van der Waals surface area contributed by atoms with E-state index in [4.69, 9.17) is 0 Å². The fourth-order valence-corrected chi connectivity index (χ4v) is 4.07. The highest BCUT2D eigenvalue weighted by Gasteiger charge is 2.22. The Bertz CT molecular complexity index is 914. The Morgan fingerprint density at radius 3 is 2.58 bits per heavy atom. The van der Waals surface area contributed by atoms with Crippen molar-refractivity contribution >= 4 is 16.8 Å². The van der Waals surface area contributed by atoms with Crippen LogP contribution in [0.15, 0.2) is 60.7 Å². The molecule has 0 fully saturated rings. The van der Waals surface area contributed by atoms with Gasteiger partial charge in [0.1, 0.15) is 0 Å². The quantitative estimate of drug-likeness (QED) is 0.506. The van der Waals surface area contributed by atoms with Gasteiger partial charge in [0, 0.05) is 5.92 Å². The van der Waals surface area contributed by atoms with Crippen molar-refractivity contribution in [3.8, 4) is 0 Å². The number of hydrogen-bond acceptors (Lipinski definition) is 0. The highest BCUT2D eigenvalue weighted by molar-refractivity contribution is 5.88. The lowest BCUT2D eigenvalue weighted by Gasteiger charge is -2.20. The molecule has 1 aliphatic rings. The molecule has 0 aromatic heterocycles. The smallest absolute Gasteiger partial charge is 0.0281 e. The largest absolute Gasteiger partial charge is 0.0720 e. The number of hydrogen-bond donors (Lipinski definition) is 0. The van der Waals surface area contributed by atoms with Crippen LogP contribution in [0.2, 0.25) is 0 Å². The van der Waals surface area contributed by atoms with Gasteiger partial charge < -0.3 is 0 Å². The van der Waals surface area contributed by atoms with E-state index in [9.17, 15) is 0 Å². The Morgan fingerprint density at radius 2 is 1.71 bits per heavy atom. The molecule has 0 saturated carbocycles. The number of benzene rings is 3. The molecular formula is C24H24. The maximum Gasteiger partial charge on any atom is 0.0281 e. The molecule has 1 aliphatic carbocycles. The third-order valence-corrected chi connectivity index (χ3v) is 5.40. The molecule has 0 amide bonds. The van der Waals surface area contributed by atoms with Gasteiger partial charge >= 0.3 is 0 Å². The van der Waals surface area contributed by atoms with Gasteiger partial charge in [-0.15, -0.1) is 0 Å². The molecule has 0 radical (unpaired) electrons. The second-order valence-electron chi connectivity index (χ2n) is 6.86. The van der Waals surface area contributed by atoms with E-state index in [1.807, 2.05) is 0 Å². The number of aryl methyl sites for hydroxylation is 1. The SMILES string of the molecule is CCCCc1c(C)c(C2C=Cc3ccccc32)cc2ccccc12. The zero-order valence-corrected chi connectivity index (χ0v) is 14.5. The predicted octanol–water partition coefficient (Wildman–Crippen LogP) is 6.65.